The molecule has 1 aliphatic carbocycles. The van der Waals surface area contributed by atoms with Crippen LogP contribution in [0.25, 0.3) is 16.7 Å². The molecule has 8 heteroatoms. The smallest absolute Gasteiger partial charge is 0.328 e. The molecule has 0 unspecified atom stereocenters. The number of carboxylic acid groups (broad SMARTS) is 2. The average Bonchev–Trinajstić information content (AvgIpc) is 3.26. The van der Waals surface area contributed by atoms with Gasteiger partial charge in [0.25, 0.3) is 0 Å². The van der Waals surface area contributed by atoms with Crippen molar-refractivity contribution in [1.82, 2.24) is 9.88 Å². The Morgan fingerprint density at radius 3 is 2.39 bits per heavy atom. The van der Waals surface area contributed by atoms with Crippen LogP contribution in [0.4, 0.5) is 0 Å². The third-order valence-electron chi connectivity index (χ3n) is 5.50. The number of pyridine rings is 1. The number of rotatable bonds is 7. The normalized spacial score (nSPS) is 15.4. The molecular weight excluding hydrogens is 424 g/mol. The number of carboxylic acids is 2. The van der Waals surface area contributed by atoms with Crippen molar-refractivity contribution < 1.29 is 29.3 Å². The van der Waals surface area contributed by atoms with Gasteiger partial charge in [-0.15, -0.1) is 0 Å². The Morgan fingerprint density at radius 2 is 1.79 bits per heavy atom. The quantitative estimate of drug-likeness (QED) is 0.617. The number of aliphatic carboxylic acids is 2. The van der Waals surface area contributed by atoms with E-state index in [1.807, 2.05) is 12.3 Å². The van der Waals surface area contributed by atoms with Gasteiger partial charge in [-0.25, -0.2) is 14.6 Å². The third kappa shape index (κ3) is 7.00. The zero-order chi connectivity index (χ0) is 23.6. The molecular formula is C25H28N2O6. The molecule has 1 aromatic carbocycles. The Bertz CT molecular complexity index is 1010. The maximum Gasteiger partial charge on any atom is 0.328 e. The van der Waals surface area contributed by atoms with Gasteiger partial charge in [-0.3, -0.25) is 4.90 Å². The number of aromatic nitrogens is 1. The van der Waals surface area contributed by atoms with Gasteiger partial charge >= 0.3 is 11.9 Å². The molecule has 1 aliphatic heterocycles. The van der Waals surface area contributed by atoms with Crippen molar-refractivity contribution >= 4 is 17.5 Å². The van der Waals surface area contributed by atoms with E-state index in [0.717, 1.165) is 51.3 Å². The standard InChI is InChI=1S/C21H24N2O2.C4H4O4/c1-24-21-8-6-17(15-22-21)19-4-2-3-18-16(5-7-20(18)19)9-10-23-11-13-25-14-12-23;5-3(6)1-2-4(7)8/h2-6,8,15H,7,9-14H2,1H3;1-2H,(H,5,6)(H,7,8)/b;2-1-. The fourth-order valence-corrected chi connectivity index (χ4v) is 3.86. The summed E-state index contributed by atoms with van der Waals surface area (Å²) >= 11 is 0. The lowest BCUT2D eigenvalue weighted by Crippen LogP contribution is -2.36. The monoisotopic (exact) mass is 452 g/mol. The molecule has 174 valence electrons. The predicted octanol–water partition coefficient (Wildman–Crippen LogP) is 3.13. The summed E-state index contributed by atoms with van der Waals surface area (Å²) in [5.41, 5.74) is 6.74. The molecule has 0 saturated carbocycles. The van der Waals surface area contributed by atoms with Crippen LogP contribution in [0, 0.1) is 0 Å². The summed E-state index contributed by atoms with van der Waals surface area (Å²) in [6.07, 6.45) is 7.53. The maximum absolute atomic E-state index is 9.55. The number of ether oxygens (including phenoxy) is 2. The molecule has 0 amide bonds. The molecule has 0 atom stereocenters. The zero-order valence-electron chi connectivity index (χ0n) is 18.6. The number of fused-ring (bicyclic) bond motifs is 1. The number of hydrogen-bond acceptors (Lipinski definition) is 6. The van der Waals surface area contributed by atoms with Gasteiger partial charge in [-0.2, -0.15) is 0 Å². The number of methoxy groups -OCH3 is 1. The number of morpholine rings is 1. The molecule has 33 heavy (non-hydrogen) atoms. The SMILES string of the molecule is COc1ccc(-c2cccc3c2CC=C3CCN2CCOCC2)cn1.O=C(O)/C=C\C(=O)O. The summed E-state index contributed by atoms with van der Waals surface area (Å²) in [4.78, 5) is 26.0. The number of carbonyl (C=O) groups is 2. The van der Waals surface area contributed by atoms with Gasteiger partial charge < -0.3 is 19.7 Å². The molecule has 4 rings (SSSR count). The van der Waals surface area contributed by atoms with Crippen LogP contribution in [0.1, 0.15) is 17.5 Å². The van der Waals surface area contributed by atoms with E-state index >= 15 is 0 Å². The highest BCUT2D eigenvalue weighted by atomic mass is 16.5. The Balaban J connectivity index is 0.000000331. The van der Waals surface area contributed by atoms with E-state index in [2.05, 4.69) is 40.2 Å². The van der Waals surface area contributed by atoms with Gasteiger partial charge in [0.05, 0.1) is 20.3 Å². The van der Waals surface area contributed by atoms with Crippen LogP contribution < -0.4 is 4.74 Å². The first kappa shape index (κ1) is 24.2. The lowest BCUT2D eigenvalue weighted by molar-refractivity contribution is -0.134. The summed E-state index contributed by atoms with van der Waals surface area (Å²) in [7, 11) is 1.65. The maximum atomic E-state index is 9.55. The Hall–Kier alpha value is -3.49. The van der Waals surface area contributed by atoms with Crippen molar-refractivity contribution in [3.8, 4) is 17.0 Å². The fraction of sp³-hybridized carbons (Fsp3) is 0.320. The molecule has 0 radical (unpaired) electrons. The zero-order valence-corrected chi connectivity index (χ0v) is 18.6. The van der Waals surface area contributed by atoms with Gasteiger partial charge in [-0.1, -0.05) is 24.3 Å². The Kier molecular flexibility index (Phi) is 8.74. The highest BCUT2D eigenvalue weighted by Crippen LogP contribution is 2.36. The molecule has 2 heterocycles. The molecule has 1 fully saturated rings. The topological polar surface area (TPSA) is 109 Å². The van der Waals surface area contributed by atoms with Crippen LogP contribution in [-0.2, 0) is 20.7 Å². The van der Waals surface area contributed by atoms with E-state index in [4.69, 9.17) is 19.7 Å². The van der Waals surface area contributed by atoms with Crippen molar-refractivity contribution in [2.24, 2.45) is 0 Å². The summed E-state index contributed by atoms with van der Waals surface area (Å²) < 4.78 is 10.6. The summed E-state index contributed by atoms with van der Waals surface area (Å²) in [5.74, 6) is -1.86. The van der Waals surface area contributed by atoms with Gasteiger partial charge in [0, 0.05) is 49.6 Å². The Morgan fingerprint density at radius 1 is 1.09 bits per heavy atom. The summed E-state index contributed by atoms with van der Waals surface area (Å²) in [6, 6.07) is 10.6. The summed E-state index contributed by atoms with van der Waals surface area (Å²) in [6.45, 7) is 4.95. The highest BCUT2D eigenvalue weighted by molar-refractivity contribution is 5.89. The number of nitrogens with zero attached hydrogens (tertiary/aromatic N) is 2. The van der Waals surface area contributed by atoms with Crippen LogP contribution >= 0.6 is 0 Å². The van der Waals surface area contributed by atoms with Crippen molar-refractivity contribution in [2.75, 3.05) is 40.0 Å². The number of allylic oxidation sites excluding steroid dienone is 1. The average molecular weight is 453 g/mol. The Labute approximate surface area is 192 Å². The van der Waals surface area contributed by atoms with Gasteiger partial charge in [0.15, 0.2) is 0 Å². The largest absolute Gasteiger partial charge is 0.481 e. The molecule has 2 aromatic rings. The van der Waals surface area contributed by atoms with Crippen LogP contribution in [0.5, 0.6) is 5.88 Å². The van der Waals surface area contributed by atoms with Crippen LogP contribution in [0.3, 0.4) is 0 Å². The first-order chi connectivity index (χ1) is 16.0. The molecule has 2 aliphatic rings. The highest BCUT2D eigenvalue weighted by Gasteiger charge is 2.19. The first-order valence-electron chi connectivity index (χ1n) is 10.7. The predicted molar refractivity (Wildman–Crippen MR) is 124 cm³/mol. The van der Waals surface area contributed by atoms with E-state index < -0.39 is 11.9 Å². The molecule has 2 N–H and O–H groups in total. The lowest BCUT2D eigenvalue weighted by atomic mass is 9.95. The molecule has 8 nitrogen and oxygen atoms in total. The summed E-state index contributed by atoms with van der Waals surface area (Å²) in [5, 5.41) is 15.6. The molecule has 0 spiro atoms. The van der Waals surface area contributed by atoms with Crippen molar-refractivity contribution in [3.05, 3.63) is 65.9 Å². The van der Waals surface area contributed by atoms with Crippen LogP contribution in [-0.4, -0.2) is 72.0 Å². The lowest BCUT2D eigenvalue weighted by Gasteiger charge is -2.26. The van der Waals surface area contributed by atoms with E-state index in [0.29, 0.717) is 18.0 Å². The van der Waals surface area contributed by atoms with Gasteiger partial charge in [-0.05, 0) is 41.2 Å². The minimum Gasteiger partial charge on any atom is -0.481 e. The number of benzene rings is 1. The molecule has 1 saturated heterocycles. The van der Waals surface area contributed by atoms with E-state index in [1.54, 1.807) is 7.11 Å². The van der Waals surface area contributed by atoms with E-state index in [1.165, 1.54) is 22.3 Å². The second kappa shape index (κ2) is 11.9. The fourth-order valence-electron chi connectivity index (χ4n) is 3.86. The van der Waals surface area contributed by atoms with Crippen LogP contribution in [0.2, 0.25) is 0 Å². The van der Waals surface area contributed by atoms with Crippen molar-refractivity contribution in [1.29, 1.82) is 0 Å². The second-order valence-corrected chi connectivity index (χ2v) is 7.57. The van der Waals surface area contributed by atoms with Crippen molar-refractivity contribution in [2.45, 2.75) is 12.8 Å². The second-order valence-electron chi connectivity index (χ2n) is 7.57. The first-order valence-corrected chi connectivity index (χ1v) is 10.7. The van der Waals surface area contributed by atoms with Gasteiger partial charge in [0.2, 0.25) is 5.88 Å². The molecule has 0 bridgehead atoms. The minimum atomic E-state index is -1.26. The molecule has 1 aromatic heterocycles. The van der Waals surface area contributed by atoms with Crippen LogP contribution in [0.15, 0.2) is 54.8 Å². The van der Waals surface area contributed by atoms with Gasteiger partial charge in [0.1, 0.15) is 0 Å². The number of hydrogen-bond donors (Lipinski definition) is 2. The minimum absolute atomic E-state index is 0.558. The van der Waals surface area contributed by atoms with Crippen molar-refractivity contribution in [3.63, 3.8) is 0 Å². The van der Waals surface area contributed by atoms with E-state index in [-0.39, 0.29) is 0 Å². The third-order valence-corrected chi connectivity index (χ3v) is 5.50. The van der Waals surface area contributed by atoms with E-state index in [9.17, 15) is 9.59 Å².